The third-order valence-corrected chi connectivity index (χ3v) is 6.29. The zero-order valence-electron chi connectivity index (χ0n) is 17.8. The van der Waals surface area contributed by atoms with Crippen molar-refractivity contribution in [3.05, 3.63) is 65.2 Å². The summed E-state index contributed by atoms with van der Waals surface area (Å²) in [5, 5.41) is 3.01. The zero-order chi connectivity index (χ0) is 21.1. The summed E-state index contributed by atoms with van der Waals surface area (Å²) in [5.74, 6) is 0. The Morgan fingerprint density at radius 1 is 0.967 bits per heavy atom. The first-order chi connectivity index (χ1) is 14.5. The molecule has 2 fully saturated rings. The van der Waals surface area contributed by atoms with E-state index in [1.807, 2.05) is 58.0 Å². The van der Waals surface area contributed by atoms with E-state index < -0.39 is 0 Å². The predicted molar refractivity (Wildman–Crippen MR) is 118 cm³/mol. The first-order valence-corrected chi connectivity index (χ1v) is 10.7. The number of amides is 4. The van der Waals surface area contributed by atoms with Crippen molar-refractivity contribution in [1.29, 1.82) is 0 Å². The number of carbonyl (C=O) groups excluding carboxylic acids is 2. The molecule has 6 nitrogen and oxygen atoms in total. The van der Waals surface area contributed by atoms with Crippen LogP contribution in [0.4, 0.5) is 15.3 Å². The average Bonchev–Trinajstić information content (AvgIpc) is 3.12. The van der Waals surface area contributed by atoms with Gasteiger partial charge in [0.05, 0.1) is 0 Å². The lowest BCUT2D eigenvalue weighted by atomic mass is 10.0. The highest BCUT2D eigenvalue weighted by molar-refractivity contribution is 5.89. The Labute approximate surface area is 178 Å². The number of nitrogens with zero attached hydrogens (tertiary/aromatic N) is 3. The first-order valence-electron chi connectivity index (χ1n) is 10.7. The molecule has 2 aliphatic rings. The van der Waals surface area contributed by atoms with E-state index in [4.69, 9.17) is 0 Å². The molecular weight excluding hydrogens is 376 g/mol. The van der Waals surface area contributed by atoms with Gasteiger partial charge >= 0.3 is 12.1 Å². The smallest absolute Gasteiger partial charge is 0.321 e. The molecular formula is C24H30N4O2. The van der Waals surface area contributed by atoms with Crippen LogP contribution in [0.5, 0.6) is 0 Å². The molecule has 2 aliphatic heterocycles. The predicted octanol–water partition coefficient (Wildman–Crippen LogP) is 4.24. The lowest BCUT2D eigenvalue weighted by Crippen LogP contribution is -2.49. The number of aryl methyl sites for hydroxylation is 2. The molecule has 0 saturated carbocycles. The molecule has 2 saturated heterocycles. The van der Waals surface area contributed by atoms with Crippen LogP contribution in [0.1, 0.15) is 29.5 Å². The maximum atomic E-state index is 12.9. The summed E-state index contributed by atoms with van der Waals surface area (Å²) in [4.78, 5) is 31.3. The highest BCUT2D eigenvalue weighted by Crippen LogP contribution is 2.23. The monoisotopic (exact) mass is 406 g/mol. The Kier molecular flexibility index (Phi) is 5.93. The molecule has 158 valence electrons. The lowest BCUT2D eigenvalue weighted by Gasteiger charge is -2.36. The number of nitrogens with one attached hydrogen (secondary N) is 1. The summed E-state index contributed by atoms with van der Waals surface area (Å²) in [6.45, 7) is 7.64. The van der Waals surface area contributed by atoms with E-state index in [9.17, 15) is 9.59 Å². The summed E-state index contributed by atoms with van der Waals surface area (Å²) in [5.41, 5.74) is 4.37. The summed E-state index contributed by atoms with van der Waals surface area (Å²) >= 11 is 0. The number of piperidine rings is 1. The van der Waals surface area contributed by atoms with E-state index in [1.165, 1.54) is 11.1 Å². The summed E-state index contributed by atoms with van der Waals surface area (Å²) < 4.78 is 0. The van der Waals surface area contributed by atoms with Crippen molar-refractivity contribution in [2.45, 2.75) is 39.3 Å². The van der Waals surface area contributed by atoms with Crippen LogP contribution in [0.15, 0.2) is 48.5 Å². The van der Waals surface area contributed by atoms with Crippen molar-refractivity contribution >= 4 is 17.7 Å². The molecule has 0 radical (unpaired) electrons. The number of rotatable bonds is 4. The van der Waals surface area contributed by atoms with E-state index in [-0.39, 0.29) is 18.1 Å². The Morgan fingerprint density at radius 3 is 2.40 bits per heavy atom. The fourth-order valence-corrected chi connectivity index (χ4v) is 4.29. The maximum Gasteiger partial charge on any atom is 0.321 e. The van der Waals surface area contributed by atoms with Crippen molar-refractivity contribution in [2.75, 3.05) is 31.5 Å². The fourth-order valence-electron chi connectivity index (χ4n) is 4.29. The first kappa shape index (κ1) is 20.3. The number of benzene rings is 2. The van der Waals surface area contributed by atoms with Crippen molar-refractivity contribution < 1.29 is 9.59 Å². The van der Waals surface area contributed by atoms with Gasteiger partial charge in [0, 0.05) is 44.5 Å². The van der Waals surface area contributed by atoms with Crippen molar-refractivity contribution in [2.24, 2.45) is 0 Å². The zero-order valence-corrected chi connectivity index (χ0v) is 17.8. The van der Waals surface area contributed by atoms with Crippen LogP contribution in [0, 0.1) is 13.8 Å². The molecule has 1 N–H and O–H groups in total. The van der Waals surface area contributed by atoms with Gasteiger partial charge in [0.15, 0.2) is 0 Å². The van der Waals surface area contributed by atoms with Gasteiger partial charge in [-0.25, -0.2) is 9.59 Å². The van der Waals surface area contributed by atoms with Gasteiger partial charge in [0.25, 0.3) is 0 Å². The standard InChI is InChI=1S/C24H30N4O2/c1-18-8-9-21(16-19(18)2)25-23(29)26-12-10-22(11-13-26)28-15-14-27(24(28)30)17-20-6-4-3-5-7-20/h3-9,16,22H,10-15,17H2,1-2H3,(H,25,29). The third-order valence-electron chi connectivity index (χ3n) is 6.29. The van der Waals surface area contributed by atoms with Gasteiger partial charge < -0.3 is 20.0 Å². The molecule has 6 heteroatoms. The van der Waals surface area contributed by atoms with E-state index in [1.54, 1.807) is 0 Å². The van der Waals surface area contributed by atoms with Crippen LogP contribution in [0.3, 0.4) is 0 Å². The van der Waals surface area contributed by atoms with Gasteiger partial charge in [-0.15, -0.1) is 0 Å². The van der Waals surface area contributed by atoms with Crippen molar-refractivity contribution in [3.8, 4) is 0 Å². The second kappa shape index (κ2) is 8.78. The summed E-state index contributed by atoms with van der Waals surface area (Å²) in [6.07, 6.45) is 1.65. The van der Waals surface area contributed by atoms with Gasteiger partial charge in [0.1, 0.15) is 0 Å². The Morgan fingerprint density at radius 2 is 1.70 bits per heavy atom. The highest BCUT2D eigenvalue weighted by Gasteiger charge is 2.35. The van der Waals surface area contributed by atoms with Gasteiger partial charge in [0.2, 0.25) is 0 Å². The molecule has 2 aromatic carbocycles. The number of urea groups is 2. The largest absolute Gasteiger partial charge is 0.324 e. The maximum absolute atomic E-state index is 12.9. The molecule has 2 heterocycles. The summed E-state index contributed by atoms with van der Waals surface area (Å²) in [7, 11) is 0. The second-order valence-corrected chi connectivity index (χ2v) is 8.33. The Bertz CT molecular complexity index is 907. The van der Waals surface area contributed by atoms with Crippen LogP contribution < -0.4 is 5.32 Å². The van der Waals surface area contributed by atoms with Crippen LogP contribution in [0.25, 0.3) is 0 Å². The quantitative estimate of drug-likeness (QED) is 0.826. The molecule has 2 aromatic rings. The second-order valence-electron chi connectivity index (χ2n) is 8.33. The Hall–Kier alpha value is -3.02. The number of likely N-dealkylation sites (tertiary alicyclic amines) is 1. The lowest BCUT2D eigenvalue weighted by molar-refractivity contribution is 0.139. The fraction of sp³-hybridized carbons (Fsp3) is 0.417. The van der Waals surface area contributed by atoms with Gasteiger partial charge in [-0.3, -0.25) is 0 Å². The highest BCUT2D eigenvalue weighted by atomic mass is 16.2. The minimum absolute atomic E-state index is 0.0600. The molecule has 4 rings (SSSR count). The number of hydrogen-bond acceptors (Lipinski definition) is 2. The van der Waals surface area contributed by atoms with Crippen LogP contribution in [-0.2, 0) is 6.54 Å². The van der Waals surface area contributed by atoms with Crippen molar-refractivity contribution in [3.63, 3.8) is 0 Å². The number of carbonyl (C=O) groups is 2. The minimum Gasteiger partial charge on any atom is -0.324 e. The molecule has 0 atom stereocenters. The molecule has 4 amide bonds. The normalized spacial score (nSPS) is 17.5. The minimum atomic E-state index is -0.0600. The topological polar surface area (TPSA) is 55.9 Å². The van der Waals surface area contributed by atoms with E-state index >= 15 is 0 Å². The van der Waals surface area contributed by atoms with E-state index in [2.05, 4.69) is 24.4 Å². The molecule has 0 aromatic heterocycles. The van der Waals surface area contributed by atoms with Crippen molar-refractivity contribution in [1.82, 2.24) is 14.7 Å². The van der Waals surface area contributed by atoms with E-state index in [0.717, 1.165) is 37.2 Å². The van der Waals surface area contributed by atoms with Gasteiger partial charge in [-0.05, 0) is 55.5 Å². The molecule has 30 heavy (non-hydrogen) atoms. The third kappa shape index (κ3) is 4.42. The van der Waals surface area contributed by atoms with Gasteiger partial charge in [-0.2, -0.15) is 0 Å². The Balaban J connectivity index is 1.28. The number of hydrogen-bond donors (Lipinski definition) is 1. The van der Waals surface area contributed by atoms with Gasteiger partial charge in [-0.1, -0.05) is 36.4 Å². The SMILES string of the molecule is Cc1ccc(NC(=O)N2CCC(N3CCN(Cc4ccccc4)C3=O)CC2)cc1C. The molecule has 0 bridgehead atoms. The molecule has 0 aliphatic carbocycles. The average molecular weight is 407 g/mol. The van der Waals surface area contributed by atoms with Crippen LogP contribution >= 0.6 is 0 Å². The van der Waals surface area contributed by atoms with Crippen LogP contribution in [-0.4, -0.2) is 59.0 Å². The summed E-state index contributed by atoms with van der Waals surface area (Å²) in [6, 6.07) is 16.4. The molecule has 0 spiro atoms. The van der Waals surface area contributed by atoms with E-state index in [0.29, 0.717) is 19.6 Å². The molecule has 0 unspecified atom stereocenters. The van der Waals surface area contributed by atoms with Crippen LogP contribution in [0.2, 0.25) is 0 Å². The number of anilines is 1.